The summed E-state index contributed by atoms with van der Waals surface area (Å²) in [5.41, 5.74) is 0.725. The Morgan fingerprint density at radius 1 is 1.22 bits per heavy atom. The Morgan fingerprint density at radius 2 is 1.96 bits per heavy atom. The van der Waals surface area contributed by atoms with Gasteiger partial charge in [-0.05, 0) is 17.5 Å². The summed E-state index contributed by atoms with van der Waals surface area (Å²) < 4.78 is 4.86. The van der Waals surface area contributed by atoms with Gasteiger partial charge < -0.3 is 14.6 Å². The van der Waals surface area contributed by atoms with Crippen LogP contribution in [0.15, 0.2) is 33.4 Å². The van der Waals surface area contributed by atoms with E-state index in [0.717, 1.165) is 24.7 Å². The summed E-state index contributed by atoms with van der Waals surface area (Å²) in [6.07, 6.45) is 0. The standard InChI is InChI=1S/C16H18N4O5S.ClH/c21-15(13-1-2-14(25-13)20(23)24)17-4-5-18-6-8-19(9-7-18)16(22)12-3-10-26-11-12;/h1-3,10-11H,4-9H2,(H,17,21);1H. The second-order valence-corrected chi connectivity index (χ2v) is 6.58. The maximum Gasteiger partial charge on any atom is 0.433 e. The molecule has 27 heavy (non-hydrogen) atoms. The molecule has 0 saturated carbocycles. The van der Waals surface area contributed by atoms with Crippen molar-refractivity contribution in [2.24, 2.45) is 0 Å². The van der Waals surface area contributed by atoms with Crippen LogP contribution < -0.4 is 5.32 Å². The number of amides is 2. The highest BCUT2D eigenvalue weighted by Crippen LogP contribution is 2.15. The number of hydrogen-bond acceptors (Lipinski definition) is 7. The number of nitrogens with one attached hydrogen (secondary N) is 1. The van der Waals surface area contributed by atoms with Crippen LogP contribution in [0.2, 0.25) is 0 Å². The smallest absolute Gasteiger partial charge is 0.395 e. The van der Waals surface area contributed by atoms with Crippen molar-refractivity contribution in [1.82, 2.24) is 15.1 Å². The fourth-order valence-corrected chi connectivity index (χ4v) is 3.34. The molecule has 9 nitrogen and oxygen atoms in total. The predicted molar refractivity (Wildman–Crippen MR) is 102 cm³/mol. The fraction of sp³-hybridized carbons (Fsp3) is 0.375. The molecule has 1 saturated heterocycles. The van der Waals surface area contributed by atoms with Gasteiger partial charge >= 0.3 is 5.88 Å². The van der Waals surface area contributed by atoms with Crippen LogP contribution in [-0.4, -0.2) is 65.8 Å². The van der Waals surface area contributed by atoms with E-state index in [0.29, 0.717) is 26.2 Å². The van der Waals surface area contributed by atoms with Gasteiger partial charge in [-0.15, -0.1) is 12.4 Å². The third-order valence-electron chi connectivity index (χ3n) is 4.14. The third kappa shape index (κ3) is 5.28. The Balaban J connectivity index is 0.00000261. The van der Waals surface area contributed by atoms with E-state index in [4.69, 9.17) is 4.42 Å². The van der Waals surface area contributed by atoms with Gasteiger partial charge in [0.15, 0.2) is 5.76 Å². The number of nitrogens with zero attached hydrogens (tertiary/aromatic N) is 3. The summed E-state index contributed by atoms with van der Waals surface area (Å²) >= 11 is 1.50. The quantitative estimate of drug-likeness (QED) is 0.570. The second-order valence-electron chi connectivity index (χ2n) is 5.80. The van der Waals surface area contributed by atoms with Gasteiger partial charge in [0.05, 0.1) is 11.6 Å². The zero-order valence-corrected chi connectivity index (χ0v) is 16.0. The van der Waals surface area contributed by atoms with Crippen LogP contribution in [0.25, 0.3) is 0 Å². The van der Waals surface area contributed by atoms with E-state index in [1.165, 1.54) is 17.4 Å². The molecule has 1 N–H and O–H groups in total. The second kappa shape index (κ2) is 9.49. The maximum absolute atomic E-state index is 12.3. The Kier molecular flexibility index (Phi) is 7.34. The van der Waals surface area contributed by atoms with Gasteiger partial charge in [0.1, 0.15) is 4.92 Å². The van der Waals surface area contributed by atoms with Gasteiger partial charge in [-0.2, -0.15) is 11.3 Å². The van der Waals surface area contributed by atoms with E-state index in [-0.39, 0.29) is 24.1 Å². The van der Waals surface area contributed by atoms with E-state index in [9.17, 15) is 19.7 Å². The molecule has 1 aliphatic rings. The van der Waals surface area contributed by atoms with E-state index in [2.05, 4.69) is 10.2 Å². The van der Waals surface area contributed by atoms with E-state index in [1.54, 1.807) is 0 Å². The summed E-state index contributed by atoms with van der Waals surface area (Å²) in [5, 5.41) is 17.0. The molecule has 1 aliphatic heterocycles. The summed E-state index contributed by atoms with van der Waals surface area (Å²) in [4.78, 5) is 38.0. The molecule has 3 heterocycles. The fourth-order valence-electron chi connectivity index (χ4n) is 2.71. The number of rotatable bonds is 6. The lowest BCUT2D eigenvalue weighted by Gasteiger charge is -2.34. The van der Waals surface area contributed by atoms with Crippen molar-refractivity contribution in [2.45, 2.75) is 0 Å². The van der Waals surface area contributed by atoms with Crippen molar-refractivity contribution in [3.8, 4) is 0 Å². The predicted octanol–water partition coefficient (Wildman–Crippen LogP) is 1.86. The van der Waals surface area contributed by atoms with Crippen LogP contribution in [0.3, 0.4) is 0 Å². The molecule has 0 bridgehead atoms. The van der Waals surface area contributed by atoms with Gasteiger partial charge in [0, 0.05) is 44.6 Å². The first-order valence-corrected chi connectivity index (χ1v) is 9.05. The lowest BCUT2D eigenvalue weighted by atomic mass is 10.2. The number of hydrogen-bond donors (Lipinski definition) is 1. The maximum atomic E-state index is 12.3. The zero-order valence-electron chi connectivity index (χ0n) is 14.3. The first-order chi connectivity index (χ1) is 12.5. The minimum atomic E-state index is -0.687. The van der Waals surface area contributed by atoms with Gasteiger partial charge in [-0.3, -0.25) is 24.6 Å². The highest BCUT2D eigenvalue weighted by atomic mass is 35.5. The molecule has 0 spiro atoms. The average Bonchev–Trinajstić information content (AvgIpc) is 3.33. The van der Waals surface area contributed by atoms with Crippen molar-refractivity contribution in [3.63, 3.8) is 0 Å². The number of furan rings is 1. The van der Waals surface area contributed by atoms with Crippen molar-refractivity contribution >= 4 is 41.4 Å². The molecule has 0 radical (unpaired) electrons. The van der Waals surface area contributed by atoms with E-state index in [1.807, 2.05) is 21.7 Å². The van der Waals surface area contributed by atoms with Crippen molar-refractivity contribution in [3.05, 3.63) is 50.4 Å². The van der Waals surface area contributed by atoms with Crippen LogP contribution in [0, 0.1) is 10.1 Å². The highest BCUT2D eigenvalue weighted by Gasteiger charge is 2.22. The summed E-state index contributed by atoms with van der Waals surface area (Å²) in [7, 11) is 0. The molecule has 2 aromatic heterocycles. The topological polar surface area (TPSA) is 109 Å². The Bertz CT molecular complexity index is 787. The van der Waals surface area contributed by atoms with Gasteiger partial charge in [-0.1, -0.05) is 0 Å². The average molecular weight is 415 g/mol. The SMILES string of the molecule is Cl.O=C(NCCN1CCN(C(=O)c2ccsc2)CC1)c1ccc([N+](=O)[O-])o1. The van der Waals surface area contributed by atoms with Crippen molar-refractivity contribution < 1.29 is 18.9 Å². The molecule has 2 aromatic rings. The van der Waals surface area contributed by atoms with Gasteiger partial charge in [0.2, 0.25) is 0 Å². The largest absolute Gasteiger partial charge is 0.433 e. The van der Waals surface area contributed by atoms with Crippen LogP contribution in [0.5, 0.6) is 0 Å². The van der Waals surface area contributed by atoms with Crippen molar-refractivity contribution in [1.29, 1.82) is 0 Å². The molecule has 0 aromatic carbocycles. The molecule has 0 atom stereocenters. The third-order valence-corrected chi connectivity index (χ3v) is 4.82. The number of carbonyl (C=O) groups is 2. The molecule has 0 unspecified atom stereocenters. The highest BCUT2D eigenvalue weighted by molar-refractivity contribution is 7.08. The monoisotopic (exact) mass is 414 g/mol. The number of carbonyl (C=O) groups excluding carboxylic acids is 2. The zero-order chi connectivity index (χ0) is 18.5. The van der Waals surface area contributed by atoms with Crippen molar-refractivity contribution in [2.75, 3.05) is 39.3 Å². The van der Waals surface area contributed by atoms with E-state index >= 15 is 0 Å². The Morgan fingerprint density at radius 3 is 2.56 bits per heavy atom. The summed E-state index contributed by atoms with van der Waals surface area (Å²) in [5.74, 6) is -0.965. The Labute approximate surface area is 165 Å². The number of nitro groups is 1. The molecule has 3 rings (SSSR count). The normalized spacial score (nSPS) is 14.4. The lowest BCUT2D eigenvalue weighted by Crippen LogP contribution is -2.50. The molecule has 11 heteroatoms. The Hall–Kier alpha value is -2.43. The molecular formula is C16H19ClN4O5S. The summed E-state index contributed by atoms with van der Waals surface area (Å²) in [6.45, 7) is 3.79. The van der Waals surface area contributed by atoms with Crippen LogP contribution >= 0.6 is 23.7 Å². The number of piperazine rings is 1. The molecule has 2 amide bonds. The summed E-state index contributed by atoms with van der Waals surface area (Å²) in [6, 6.07) is 4.26. The van der Waals surface area contributed by atoms with Crippen LogP contribution in [0.1, 0.15) is 20.9 Å². The van der Waals surface area contributed by atoms with Crippen LogP contribution in [0.4, 0.5) is 5.88 Å². The van der Waals surface area contributed by atoms with E-state index < -0.39 is 16.7 Å². The van der Waals surface area contributed by atoms with Gasteiger partial charge in [0.25, 0.3) is 11.8 Å². The number of halogens is 1. The number of thiophene rings is 1. The minimum Gasteiger partial charge on any atom is -0.395 e. The molecule has 146 valence electrons. The lowest BCUT2D eigenvalue weighted by molar-refractivity contribution is -0.402. The molecule has 1 fully saturated rings. The molecule has 0 aliphatic carbocycles. The minimum absolute atomic E-state index is 0. The molecular weight excluding hydrogens is 396 g/mol. The first-order valence-electron chi connectivity index (χ1n) is 8.11. The van der Waals surface area contributed by atoms with Crippen LogP contribution in [-0.2, 0) is 0 Å². The van der Waals surface area contributed by atoms with Gasteiger partial charge in [-0.25, -0.2) is 0 Å². The first kappa shape index (κ1) is 20.9.